The van der Waals surface area contributed by atoms with E-state index in [1.165, 1.54) is 12.4 Å². The first kappa shape index (κ1) is 23.2. The number of fused-ring (bicyclic) bond motifs is 1. The molecule has 3 aromatic heterocycles. The molecule has 2 fully saturated rings. The van der Waals surface area contributed by atoms with Crippen LogP contribution in [0.2, 0.25) is 0 Å². The van der Waals surface area contributed by atoms with Crippen molar-refractivity contribution in [2.45, 2.75) is 25.3 Å². The molecule has 34 heavy (non-hydrogen) atoms. The molecule has 0 spiro atoms. The van der Waals surface area contributed by atoms with Gasteiger partial charge in [0.2, 0.25) is 0 Å². The molecule has 5 heterocycles. The molecular weight excluding hydrogens is 532 g/mol. The number of hydrogen-bond donors (Lipinski definition) is 2. The smallest absolute Gasteiger partial charge is 0.272 e. The van der Waals surface area contributed by atoms with E-state index < -0.39 is 6.43 Å². The molecule has 0 radical (unpaired) electrons. The highest BCUT2D eigenvalue weighted by Crippen LogP contribution is 2.37. The first-order chi connectivity index (χ1) is 16.4. The van der Waals surface area contributed by atoms with Gasteiger partial charge in [-0.05, 0) is 40.9 Å². The maximum Gasteiger partial charge on any atom is 0.272 e. The second-order valence-electron chi connectivity index (χ2n) is 8.28. The number of piperidine rings is 1. The number of nitrogens with one attached hydrogen (secondary N) is 1. The number of nitrogen functional groups attached to an aromatic ring is 1. The van der Waals surface area contributed by atoms with Gasteiger partial charge in [-0.25, -0.2) is 18.3 Å². The van der Waals surface area contributed by atoms with Crippen LogP contribution in [-0.2, 0) is 4.74 Å². The predicted molar refractivity (Wildman–Crippen MR) is 130 cm³/mol. The van der Waals surface area contributed by atoms with Gasteiger partial charge in [0.15, 0.2) is 5.82 Å². The van der Waals surface area contributed by atoms with Crippen LogP contribution in [0.3, 0.4) is 0 Å². The summed E-state index contributed by atoms with van der Waals surface area (Å²) in [5, 5.41) is 7.33. The van der Waals surface area contributed by atoms with Gasteiger partial charge in [-0.2, -0.15) is 5.10 Å². The number of anilines is 3. The zero-order valence-corrected chi connectivity index (χ0v) is 20.6. The molecule has 0 saturated carbocycles. The maximum atomic E-state index is 13.5. The van der Waals surface area contributed by atoms with Gasteiger partial charge in [0.25, 0.3) is 12.3 Å². The maximum absolute atomic E-state index is 13.5. The Hall–Kier alpha value is -2.51. The minimum absolute atomic E-state index is 0.0995. The first-order valence-electron chi connectivity index (χ1n) is 11.0. The molecule has 0 aromatic carbocycles. The molecule has 13 heteroatoms. The van der Waals surface area contributed by atoms with Crippen molar-refractivity contribution in [2.75, 3.05) is 54.9 Å². The van der Waals surface area contributed by atoms with E-state index in [1.807, 2.05) is 11.0 Å². The van der Waals surface area contributed by atoms with Gasteiger partial charge in [-0.3, -0.25) is 4.79 Å². The van der Waals surface area contributed by atoms with E-state index in [4.69, 9.17) is 10.5 Å². The number of nitrogens with zero attached hydrogens (tertiary/aromatic N) is 5. The van der Waals surface area contributed by atoms with Crippen molar-refractivity contribution in [3.63, 3.8) is 0 Å². The summed E-state index contributed by atoms with van der Waals surface area (Å²) in [5.41, 5.74) is 8.26. The number of ether oxygens (including phenoxy) is 1. The number of aromatic nitrogens is 3. The fourth-order valence-electron chi connectivity index (χ4n) is 4.53. The average Bonchev–Trinajstić information content (AvgIpc) is 3.43. The van der Waals surface area contributed by atoms with Gasteiger partial charge < -0.3 is 25.6 Å². The molecule has 3 N–H and O–H groups in total. The van der Waals surface area contributed by atoms with Crippen molar-refractivity contribution < 1.29 is 18.3 Å². The molecule has 1 atom stereocenters. The lowest BCUT2D eigenvalue weighted by atomic mass is 10.0. The van der Waals surface area contributed by atoms with Gasteiger partial charge in [0.1, 0.15) is 21.3 Å². The molecule has 2 aliphatic heterocycles. The summed E-state index contributed by atoms with van der Waals surface area (Å²) < 4.78 is 34.7. The van der Waals surface area contributed by atoms with Crippen LogP contribution in [0, 0.1) is 0 Å². The van der Waals surface area contributed by atoms with Crippen molar-refractivity contribution in [2.24, 2.45) is 0 Å². The summed E-state index contributed by atoms with van der Waals surface area (Å²) in [6.07, 6.45) is 0.430. The van der Waals surface area contributed by atoms with Gasteiger partial charge in [0.05, 0.1) is 29.5 Å². The molecule has 0 unspecified atom stereocenters. The number of hydrogen-bond acceptors (Lipinski definition) is 8. The SMILES string of the molecule is Nc1ncnn2c(Br)cc(N3CCC[C@@H](NC(=O)c4sc(C(F)F)cc4N4CCOCC4)C3)c12. The second kappa shape index (κ2) is 9.62. The van der Waals surface area contributed by atoms with Crippen LogP contribution in [0.15, 0.2) is 23.1 Å². The number of halogens is 3. The third-order valence-electron chi connectivity index (χ3n) is 6.12. The molecule has 0 bridgehead atoms. The number of carbonyl (C=O) groups excluding carboxylic acids is 1. The second-order valence-corrected chi connectivity index (χ2v) is 10.2. The van der Waals surface area contributed by atoms with Crippen molar-refractivity contribution in [1.82, 2.24) is 19.9 Å². The minimum Gasteiger partial charge on any atom is -0.382 e. The van der Waals surface area contributed by atoms with E-state index >= 15 is 0 Å². The third kappa shape index (κ3) is 4.43. The van der Waals surface area contributed by atoms with Gasteiger partial charge in [0, 0.05) is 32.2 Å². The van der Waals surface area contributed by atoms with E-state index in [9.17, 15) is 13.6 Å². The van der Waals surface area contributed by atoms with Crippen LogP contribution in [0.1, 0.15) is 33.8 Å². The number of alkyl halides is 2. The lowest BCUT2D eigenvalue weighted by Crippen LogP contribution is -2.48. The zero-order valence-electron chi connectivity index (χ0n) is 18.2. The molecule has 1 amide bonds. The Balaban J connectivity index is 1.36. The lowest BCUT2D eigenvalue weighted by Gasteiger charge is -2.34. The van der Waals surface area contributed by atoms with Crippen LogP contribution in [0.25, 0.3) is 5.52 Å². The monoisotopic (exact) mass is 555 g/mol. The van der Waals surface area contributed by atoms with Crippen LogP contribution in [-0.4, -0.2) is 65.9 Å². The van der Waals surface area contributed by atoms with E-state index in [1.54, 1.807) is 4.52 Å². The van der Waals surface area contributed by atoms with Crippen LogP contribution < -0.4 is 20.9 Å². The Morgan fingerprint density at radius 2 is 2.03 bits per heavy atom. The molecule has 9 nitrogen and oxygen atoms in total. The largest absolute Gasteiger partial charge is 0.382 e. The highest BCUT2D eigenvalue weighted by atomic mass is 79.9. The average molecular weight is 556 g/mol. The molecule has 3 aromatic rings. The van der Waals surface area contributed by atoms with Crippen LogP contribution in [0.4, 0.5) is 26.0 Å². The van der Waals surface area contributed by atoms with E-state index in [0.29, 0.717) is 54.7 Å². The van der Waals surface area contributed by atoms with Crippen LogP contribution >= 0.6 is 27.3 Å². The van der Waals surface area contributed by atoms with E-state index in [2.05, 4.69) is 36.2 Å². The fourth-order valence-corrected chi connectivity index (χ4v) is 5.95. The number of morpholine rings is 1. The number of thiophene rings is 1. The lowest BCUT2D eigenvalue weighted by molar-refractivity contribution is 0.0936. The Labute approximate surface area is 207 Å². The summed E-state index contributed by atoms with van der Waals surface area (Å²) in [5.74, 6) is 0.0473. The highest BCUT2D eigenvalue weighted by molar-refractivity contribution is 9.10. The molecule has 2 aliphatic rings. The summed E-state index contributed by atoms with van der Waals surface area (Å²) in [4.78, 5) is 21.7. The number of rotatable bonds is 5. The van der Waals surface area contributed by atoms with Gasteiger partial charge >= 0.3 is 0 Å². The fraction of sp³-hybridized carbons (Fsp3) is 0.476. The molecule has 182 valence electrons. The predicted octanol–water partition coefficient (Wildman–Crippen LogP) is 3.31. The number of carbonyl (C=O) groups is 1. The molecule has 5 rings (SSSR count). The highest BCUT2D eigenvalue weighted by Gasteiger charge is 2.29. The van der Waals surface area contributed by atoms with Crippen molar-refractivity contribution in [1.29, 1.82) is 0 Å². The Morgan fingerprint density at radius 1 is 1.24 bits per heavy atom. The van der Waals surface area contributed by atoms with E-state index in [-0.39, 0.29) is 16.8 Å². The van der Waals surface area contributed by atoms with Gasteiger partial charge in [-0.1, -0.05) is 0 Å². The number of amides is 1. The zero-order chi connectivity index (χ0) is 23.8. The quantitative estimate of drug-likeness (QED) is 0.498. The summed E-state index contributed by atoms with van der Waals surface area (Å²) >= 11 is 4.37. The summed E-state index contributed by atoms with van der Waals surface area (Å²) in [6, 6.07) is 3.24. The summed E-state index contributed by atoms with van der Waals surface area (Å²) in [7, 11) is 0. The standard InChI is InChI=1S/C21H24BrF2N7O2S/c22-16-9-13(17-20(25)26-11-27-31(16)17)30-3-1-2-12(10-30)28-21(32)18-14(8-15(34-18)19(23)24)29-4-6-33-7-5-29/h8-9,11-12,19H,1-7,10H2,(H,28,32)(H2,25,26,27)/t12-/m1/s1. The topological polar surface area (TPSA) is 101 Å². The molecule has 2 saturated heterocycles. The van der Waals surface area contributed by atoms with E-state index in [0.717, 1.165) is 41.0 Å². The molecular formula is C21H24BrF2N7O2S. The molecule has 0 aliphatic carbocycles. The Kier molecular flexibility index (Phi) is 6.58. The van der Waals surface area contributed by atoms with Crippen molar-refractivity contribution in [3.8, 4) is 0 Å². The normalized spacial score (nSPS) is 19.2. The van der Waals surface area contributed by atoms with Crippen molar-refractivity contribution >= 4 is 55.9 Å². The summed E-state index contributed by atoms with van der Waals surface area (Å²) in [6.45, 7) is 3.50. The minimum atomic E-state index is -2.62. The Morgan fingerprint density at radius 3 is 2.79 bits per heavy atom. The number of nitrogens with two attached hydrogens (primary N) is 1. The van der Waals surface area contributed by atoms with Gasteiger partial charge in [-0.15, -0.1) is 11.3 Å². The first-order valence-corrected chi connectivity index (χ1v) is 12.6. The van der Waals surface area contributed by atoms with Crippen molar-refractivity contribution in [3.05, 3.63) is 32.8 Å². The third-order valence-corrected chi connectivity index (χ3v) is 7.82. The van der Waals surface area contributed by atoms with Crippen LogP contribution in [0.5, 0.6) is 0 Å². The Bertz CT molecular complexity index is 1200.